The highest BCUT2D eigenvalue weighted by molar-refractivity contribution is 9.10. The number of nitrogens with zero attached hydrogens (tertiary/aromatic N) is 1. The van der Waals surface area contributed by atoms with Gasteiger partial charge in [-0.1, -0.05) is 69.1 Å². The van der Waals surface area contributed by atoms with Crippen LogP contribution in [0.4, 0.5) is 0 Å². The number of nitrogens with two attached hydrogens (primary N) is 1. The Morgan fingerprint density at radius 3 is 2.15 bits per heavy atom. The summed E-state index contributed by atoms with van der Waals surface area (Å²) in [7, 11) is -2.45. The smallest absolute Gasteiger partial charge is 0.303 e. The molecule has 1 heterocycles. The fraction of sp³-hybridized carbons (Fsp3) is 0.297. The van der Waals surface area contributed by atoms with Crippen molar-refractivity contribution < 1.29 is 47.8 Å². The van der Waals surface area contributed by atoms with E-state index in [-0.39, 0.29) is 31.2 Å². The molecule has 0 saturated heterocycles. The molecule has 4 atom stereocenters. The number of Topliss-reactive ketones (excluding diaryl/α,β-unsaturated/α-hetero) is 1. The molecule has 2 amide bonds. The first kappa shape index (κ1) is 41.1. The average Bonchev–Trinajstić information content (AvgIpc) is 3.59. The summed E-state index contributed by atoms with van der Waals surface area (Å²) in [4.78, 5) is 62.1. The Labute approximate surface area is 318 Å². The summed E-state index contributed by atoms with van der Waals surface area (Å²) in [5, 5.41) is 26.1. The van der Waals surface area contributed by atoms with Crippen LogP contribution in [-0.2, 0) is 39.5 Å². The zero-order valence-electron chi connectivity index (χ0n) is 28.6. The third kappa shape index (κ3) is 11.9. The van der Waals surface area contributed by atoms with Crippen molar-refractivity contribution in [1.29, 1.82) is 0 Å². The average molecular weight is 831 g/mol. The number of aromatic nitrogens is 1. The summed E-state index contributed by atoms with van der Waals surface area (Å²) in [6.45, 7) is 0. The quantitative estimate of drug-likeness (QED) is 0.0746. The molecule has 280 valence electrons. The topological polar surface area (TPSA) is 216 Å². The van der Waals surface area contributed by atoms with Crippen LogP contribution >= 0.6 is 34.9 Å². The highest BCUT2D eigenvalue weighted by Crippen LogP contribution is 2.47. The lowest BCUT2D eigenvalue weighted by atomic mass is 9.91. The summed E-state index contributed by atoms with van der Waals surface area (Å²) in [5.74, 6) is -6.84. The third-order valence-corrected chi connectivity index (χ3v) is 12.0. The zero-order chi connectivity index (χ0) is 38.7. The van der Waals surface area contributed by atoms with E-state index in [2.05, 4.69) is 26.4 Å². The van der Waals surface area contributed by atoms with Gasteiger partial charge in [-0.3, -0.25) is 28.5 Å². The van der Waals surface area contributed by atoms with Crippen LogP contribution in [0.25, 0.3) is 22.4 Å². The maximum Gasteiger partial charge on any atom is 0.303 e. The number of ketones is 1. The predicted molar refractivity (Wildman–Crippen MR) is 201 cm³/mol. The Bertz CT molecular complexity index is 1990. The van der Waals surface area contributed by atoms with Gasteiger partial charge in [0.2, 0.25) is 19.2 Å². The number of carboxylic acids is 2. The second-order valence-corrected chi connectivity index (χ2v) is 16.3. The first-order valence-corrected chi connectivity index (χ1v) is 19.4. The molecule has 4 aromatic rings. The highest BCUT2D eigenvalue weighted by Gasteiger charge is 2.36. The number of aliphatic carboxylic acids is 2. The van der Waals surface area contributed by atoms with Crippen LogP contribution in [0.5, 0.6) is 0 Å². The van der Waals surface area contributed by atoms with E-state index in [1.807, 2.05) is 42.5 Å². The molecule has 1 aromatic heterocycles. The number of carbonyl (C=O) groups is 5. The van der Waals surface area contributed by atoms with Gasteiger partial charge in [0.15, 0.2) is 5.78 Å². The van der Waals surface area contributed by atoms with Crippen LogP contribution in [0.1, 0.15) is 37.9 Å². The largest absolute Gasteiger partial charge is 0.481 e. The van der Waals surface area contributed by atoms with E-state index in [0.717, 1.165) is 21.2 Å². The molecule has 0 aliphatic rings. The number of hydrogen-bond donors (Lipinski definition) is 4. The van der Waals surface area contributed by atoms with E-state index >= 15 is 0 Å². The number of halogens is 2. The number of carbonyl (C=O) groups excluding carboxylic acids is 3. The number of benzene rings is 3. The van der Waals surface area contributed by atoms with Crippen LogP contribution < -0.4 is 16.4 Å². The second kappa shape index (κ2) is 18.9. The number of hydrogen-bond acceptors (Lipinski definition) is 9. The molecule has 5 N–H and O–H groups in total. The Kier molecular flexibility index (Phi) is 14.7. The summed E-state index contributed by atoms with van der Waals surface area (Å²) < 4.78 is 26.1. The summed E-state index contributed by atoms with van der Waals surface area (Å²) in [6.07, 6.45) is -2.47. The molecule has 4 rings (SSSR count). The van der Waals surface area contributed by atoms with Gasteiger partial charge in [0.1, 0.15) is 11.5 Å². The van der Waals surface area contributed by atoms with Crippen LogP contribution in [0.15, 0.2) is 87.9 Å². The second-order valence-electron chi connectivity index (χ2n) is 12.4. The van der Waals surface area contributed by atoms with Crippen LogP contribution in [0.2, 0.25) is 5.02 Å². The minimum atomic E-state index is -3.71. The van der Waals surface area contributed by atoms with Crippen molar-refractivity contribution in [3.05, 3.63) is 94.1 Å². The fourth-order valence-electron chi connectivity index (χ4n) is 5.67. The van der Waals surface area contributed by atoms with Gasteiger partial charge in [-0.2, -0.15) is 0 Å². The van der Waals surface area contributed by atoms with Crippen molar-refractivity contribution >= 4 is 69.7 Å². The van der Waals surface area contributed by atoms with Crippen LogP contribution in [-0.4, -0.2) is 64.2 Å². The van der Waals surface area contributed by atoms with Crippen molar-refractivity contribution in [3.8, 4) is 22.4 Å². The lowest BCUT2D eigenvalue weighted by Gasteiger charge is -2.25. The maximum atomic E-state index is 14.3. The number of rotatable bonds is 20. The summed E-state index contributed by atoms with van der Waals surface area (Å²) in [6, 6.07) is 21.7. The van der Waals surface area contributed by atoms with Crippen LogP contribution in [0.3, 0.4) is 0 Å². The molecule has 16 heteroatoms. The predicted octanol–water partition coefficient (Wildman–Crippen LogP) is 6.11. The molecule has 0 aliphatic carbocycles. The van der Waals surface area contributed by atoms with Crippen molar-refractivity contribution in [2.24, 2.45) is 17.6 Å². The first-order valence-electron chi connectivity index (χ1n) is 16.5. The molecular weight excluding hydrogens is 793 g/mol. The number of nitrogens with one attached hydrogen (secondary N) is 1. The van der Waals surface area contributed by atoms with Gasteiger partial charge in [0, 0.05) is 71.3 Å². The molecule has 0 spiro atoms. The maximum absolute atomic E-state index is 14.3. The van der Waals surface area contributed by atoms with Gasteiger partial charge >= 0.3 is 11.9 Å². The molecule has 0 saturated carbocycles. The standard InChI is InChI=1S/C37H38BrClN3O10P/c1-51-53(50,30-12-10-27(38)11-13-30)21-26(37(49)41-31(14-16-35(46)47)33(43)19-25(36(40)48)9-15-34(44)45)18-29-20-32(42-52-29)23-7-5-22(6-8-23)24-3-2-4-28(39)17-24/h2-8,10-13,17,20,25-26,31H,9,14-16,18-19,21H2,1H3,(H2,40,48)(H,41,49)(H,44,45)(H,46,47)/t25-,26-,31+,53?/m1/s1. The Morgan fingerprint density at radius 1 is 0.906 bits per heavy atom. The van der Waals surface area contributed by atoms with E-state index in [0.29, 0.717) is 16.0 Å². The van der Waals surface area contributed by atoms with Gasteiger partial charge in [0.05, 0.1) is 12.0 Å². The van der Waals surface area contributed by atoms with E-state index in [4.69, 9.17) is 31.5 Å². The lowest BCUT2D eigenvalue weighted by Crippen LogP contribution is -2.46. The minimum Gasteiger partial charge on any atom is -0.481 e. The molecule has 0 radical (unpaired) electrons. The van der Waals surface area contributed by atoms with Gasteiger partial charge in [0.25, 0.3) is 0 Å². The SMILES string of the molecule is COP(=O)(C[C@@H](Cc1cc(-c2ccc(-c3cccc(Cl)c3)cc2)no1)C(=O)N[C@@H](CCC(=O)O)C(=O)C[C@@H](CCC(=O)O)C(N)=O)c1ccc(Br)cc1. The Morgan fingerprint density at radius 2 is 1.55 bits per heavy atom. The molecule has 3 aromatic carbocycles. The van der Waals surface area contributed by atoms with Gasteiger partial charge < -0.3 is 30.3 Å². The number of amides is 2. The molecule has 13 nitrogen and oxygen atoms in total. The lowest BCUT2D eigenvalue weighted by molar-refractivity contribution is -0.139. The van der Waals surface area contributed by atoms with Crippen molar-refractivity contribution in [3.63, 3.8) is 0 Å². The first-order chi connectivity index (χ1) is 25.2. The van der Waals surface area contributed by atoms with Crippen molar-refractivity contribution in [1.82, 2.24) is 10.5 Å². The number of primary amides is 1. The van der Waals surface area contributed by atoms with E-state index < -0.39 is 74.0 Å². The highest BCUT2D eigenvalue weighted by atomic mass is 79.9. The van der Waals surface area contributed by atoms with Gasteiger partial charge in [-0.25, -0.2) is 0 Å². The number of carboxylic acid groups (broad SMARTS) is 2. The molecule has 53 heavy (non-hydrogen) atoms. The Balaban J connectivity index is 1.62. The summed E-state index contributed by atoms with van der Waals surface area (Å²) in [5.41, 5.74) is 8.47. The Hall–Kier alpha value is -4.62. The van der Waals surface area contributed by atoms with E-state index in [9.17, 15) is 33.6 Å². The molecule has 0 bridgehead atoms. The van der Waals surface area contributed by atoms with E-state index in [1.54, 1.807) is 36.4 Å². The third-order valence-electron chi connectivity index (χ3n) is 8.60. The van der Waals surface area contributed by atoms with Crippen LogP contribution in [0, 0.1) is 11.8 Å². The van der Waals surface area contributed by atoms with Gasteiger partial charge in [-0.05, 0) is 60.4 Å². The normalized spacial score (nSPS) is 14.0. The fourth-order valence-corrected chi connectivity index (χ4v) is 8.18. The minimum absolute atomic E-state index is 0.133. The molecular formula is C37H38BrClN3O10P. The molecule has 1 unspecified atom stereocenters. The van der Waals surface area contributed by atoms with E-state index in [1.165, 1.54) is 7.11 Å². The van der Waals surface area contributed by atoms with Crippen molar-refractivity contribution in [2.75, 3.05) is 13.3 Å². The zero-order valence-corrected chi connectivity index (χ0v) is 31.8. The van der Waals surface area contributed by atoms with Crippen molar-refractivity contribution in [2.45, 2.75) is 44.6 Å². The summed E-state index contributed by atoms with van der Waals surface area (Å²) >= 11 is 9.50. The molecule has 0 fully saturated rings. The van der Waals surface area contributed by atoms with Gasteiger partial charge in [-0.15, -0.1) is 0 Å². The molecule has 0 aliphatic heterocycles. The monoisotopic (exact) mass is 829 g/mol.